The molecule has 0 amide bonds. The summed E-state index contributed by atoms with van der Waals surface area (Å²) < 4.78 is 36.6. The van der Waals surface area contributed by atoms with Gasteiger partial charge in [-0.05, 0) is 12.1 Å². The Morgan fingerprint density at radius 2 is 2.13 bits per heavy atom. The Balaban J connectivity index is 3.18. The molecule has 0 saturated heterocycles. The third-order valence-electron chi connectivity index (χ3n) is 1.65. The van der Waals surface area contributed by atoms with Crippen LogP contribution in [0.3, 0.4) is 0 Å². The van der Waals surface area contributed by atoms with E-state index < -0.39 is 24.4 Å². The zero-order valence-electron chi connectivity index (χ0n) is 7.25. The van der Waals surface area contributed by atoms with Crippen molar-refractivity contribution < 1.29 is 23.1 Å². The van der Waals surface area contributed by atoms with Gasteiger partial charge in [0.15, 0.2) is 0 Å². The first-order valence-corrected chi connectivity index (χ1v) is 3.75. The summed E-state index contributed by atoms with van der Waals surface area (Å²) in [6, 6.07) is 3.49. The lowest BCUT2D eigenvalue weighted by atomic mass is 10.4. The first-order valence-electron chi connectivity index (χ1n) is 3.75. The van der Waals surface area contributed by atoms with Crippen LogP contribution < -0.4 is 0 Å². The van der Waals surface area contributed by atoms with E-state index in [2.05, 4.69) is 0 Å². The van der Waals surface area contributed by atoms with Crippen LogP contribution in [-0.2, 0) is 6.54 Å². The lowest BCUT2D eigenvalue weighted by molar-refractivity contribution is -0.140. The molecule has 0 atom stereocenters. The summed E-state index contributed by atoms with van der Waals surface area (Å²) in [6.45, 7) is -1.48. The van der Waals surface area contributed by atoms with Gasteiger partial charge in [-0.15, -0.1) is 0 Å². The smallest absolute Gasteiger partial charge is 0.406 e. The van der Waals surface area contributed by atoms with Gasteiger partial charge in [-0.25, -0.2) is 4.79 Å². The molecule has 0 saturated carbocycles. The molecule has 0 fully saturated rings. The molecule has 80 valence electrons. The molecule has 0 bridgehead atoms. The van der Waals surface area contributed by atoms with Gasteiger partial charge in [-0.3, -0.25) is 0 Å². The highest BCUT2D eigenvalue weighted by molar-refractivity contribution is 5.86. The molecule has 0 aromatic carbocycles. The minimum Gasteiger partial charge on any atom is -0.477 e. The monoisotopic (exact) mass is 218 g/mol. The molecule has 0 aliphatic heterocycles. The van der Waals surface area contributed by atoms with Crippen LogP contribution in [0.2, 0.25) is 0 Å². The molecule has 0 radical (unpaired) electrons. The predicted octanol–water partition coefficient (Wildman–Crippen LogP) is 1.62. The highest BCUT2D eigenvalue weighted by Gasteiger charge is 2.31. The topological polar surface area (TPSA) is 66.0 Å². The van der Waals surface area contributed by atoms with Gasteiger partial charge in [-0.1, -0.05) is 0 Å². The normalized spacial score (nSPS) is 11.1. The molecule has 0 aliphatic rings. The molecule has 1 aromatic heterocycles. The van der Waals surface area contributed by atoms with Crippen molar-refractivity contribution in [3.05, 3.63) is 23.5 Å². The molecule has 1 heterocycles. The number of nitriles is 1. The minimum absolute atomic E-state index is 0.329. The molecule has 0 unspecified atom stereocenters. The van der Waals surface area contributed by atoms with Crippen molar-refractivity contribution in [3.8, 4) is 6.07 Å². The van der Waals surface area contributed by atoms with Crippen LogP contribution >= 0.6 is 0 Å². The van der Waals surface area contributed by atoms with Gasteiger partial charge < -0.3 is 9.67 Å². The Morgan fingerprint density at radius 3 is 2.53 bits per heavy atom. The van der Waals surface area contributed by atoms with Crippen molar-refractivity contribution in [1.82, 2.24) is 4.57 Å². The van der Waals surface area contributed by atoms with Gasteiger partial charge in [-0.2, -0.15) is 18.4 Å². The van der Waals surface area contributed by atoms with Gasteiger partial charge in [0.05, 0.1) is 0 Å². The largest absolute Gasteiger partial charge is 0.477 e. The van der Waals surface area contributed by atoms with Gasteiger partial charge in [0.1, 0.15) is 24.0 Å². The van der Waals surface area contributed by atoms with Gasteiger partial charge in [0.25, 0.3) is 0 Å². The van der Waals surface area contributed by atoms with Crippen LogP contribution in [0.5, 0.6) is 0 Å². The molecule has 0 aliphatic carbocycles. The SMILES string of the molecule is N#Cc1ccc(C(=O)O)n1CC(F)(F)F. The number of carbonyl (C=O) groups is 1. The van der Waals surface area contributed by atoms with Gasteiger partial charge in [0, 0.05) is 0 Å². The highest BCUT2D eigenvalue weighted by atomic mass is 19.4. The van der Waals surface area contributed by atoms with Gasteiger partial charge >= 0.3 is 12.1 Å². The second-order valence-electron chi connectivity index (χ2n) is 2.72. The fourth-order valence-electron chi connectivity index (χ4n) is 1.10. The van der Waals surface area contributed by atoms with Crippen molar-refractivity contribution in [3.63, 3.8) is 0 Å². The van der Waals surface area contributed by atoms with Crippen molar-refractivity contribution >= 4 is 5.97 Å². The number of hydrogen-bond acceptors (Lipinski definition) is 2. The molecule has 1 aromatic rings. The molecule has 1 rings (SSSR count). The maximum absolute atomic E-state index is 12.1. The first-order chi connectivity index (χ1) is 6.85. The second-order valence-corrected chi connectivity index (χ2v) is 2.72. The summed E-state index contributed by atoms with van der Waals surface area (Å²) in [7, 11) is 0. The van der Waals surface area contributed by atoms with Crippen LogP contribution in [0.1, 0.15) is 16.2 Å². The van der Waals surface area contributed by atoms with Crippen molar-refractivity contribution in [2.45, 2.75) is 12.7 Å². The number of aromatic nitrogens is 1. The van der Waals surface area contributed by atoms with Crippen LogP contribution in [0.15, 0.2) is 12.1 Å². The molecular formula is C8H5F3N2O2. The Bertz CT molecular complexity index is 428. The number of aromatic carboxylic acids is 1. The maximum atomic E-state index is 12.1. The fourth-order valence-corrected chi connectivity index (χ4v) is 1.10. The lowest BCUT2D eigenvalue weighted by Gasteiger charge is -2.10. The van der Waals surface area contributed by atoms with E-state index >= 15 is 0 Å². The number of carboxylic acid groups (broad SMARTS) is 1. The van der Waals surface area contributed by atoms with E-state index in [4.69, 9.17) is 10.4 Å². The second kappa shape index (κ2) is 3.65. The van der Waals surface area contributed by atoms with Crippen molar-refractivity contribution in [1.29, 1.82) is 5.26 Å². The van der Waals surface area contributed by atoms with Gasteiger partial charge in [0.2, 0.25) is 0 Å². The third-order valence-corrected chi connectivity index (χ3v) is 1.65. The summed E-state index contributed by atoms with van der Waals surface area (Å²) >= 11 is 0. The van der Waals surface area contributed by atoms with Crippen LogP contribution in [0.25, 0.3) is 0 Å². The van der Waals surface area contributed by atoms with E-state index in [1.165, 1.54) is 6.07 Å². The Morgan fingerprint density at radius 1 is 1.53 bits per heavy atom. The summed E-state index contributed by atoms with van der Waals surface area (Å²) in [5.74, 6) is -1.50. The van der Waals surface area contributed by atoms with E-state index in [1.54, 1.807) is 0 Å². The summed E-state index contributed by atoms with van der Waals surface area (Å²) in [6.07, 6.45) is -4.56. The number of nitrogens with zero attached hydrogens (tertiary/aromatic N) is 2. The molecule has 1 N–H and O–H groups in total. The zero-order valence-corrected chi connectivity index (χ0v) is 7.25. The summed E-state index contributed by atoms with van der Waals surface area (Å²) in [4.78, 5) is 10.5. The first kappa shape index (κ1) is 11.1. The van der Waals surface area contributed by atoms with E-state index in [0.717, 1.165) is 12.1 Å². The average molecular weight is 218 g/mol. The quantitative estimate of drug-likeness (QED) is 0.820. The molecule has 4 nitrogen and oxygen atoms in total. The van der Waals surface area contributed by atoms with Crippen LogP contribution in [0.4, 0.5) is 13.2 Å². The zero-order chi connectivity index (χ0) is 11.6. The van der Waals surface area contributed by atoms with Crippen LogP contribution in [-0.4, -0.2) is 21.8 Å². The maximum Gasteiger partial charge on any atom is 0.406 e. The predicted molar refractivity (Wildman–Crippen MR) is 42.2 cm³/mol. The number of alkyl halides is 3. The lowest BCUT2D eigenvalue weighted by Crippen LogP contribution is -2.21. The summed E-state index contributed by atoms with van der Waals surface area (Å²) in [5, 5.41) is 17.1. The Labute approximate surface area is 82.2 Å². The number of halogens is 3. The van der Waals surface area contributed by atoms with Crippen molar-refractivity contribution in [2.24, 2.45) is 0 Å². The third kappa shape index (κ3) is 2.49. The Kier molecular flexibility index (Phi) is 2.70. The minimum atomic E-state index is -4.56. The standard InChI is InChI=1S/C8H5F3N2O2/c9-8(10,11)4-13-5(3-12)1-2-6(13)7(14)15/h1-2H,4H2,(H,14,15). The van der Waals surface area contributed by atoms with E-state index in [0.29, 0.717) is 4.57 Å². The Hall–Kier alpha value is -1.97. The van der Waals surface area contributed by atoms with Crippen LogP contribution in [0, 0.1) is 11.3 Å². The van der Waals surface area contributed by atoms with E-state index in [1.807, 2.05) is 0 Å². The number of rotatable bonds is 2. The van der Waals surface area contributed by atoms with E-state index in [-0.39, 0.29) is 5.69 Å². The molecule has 15 heavy (non-hydrogen) atoms. The fraction of sp³-hybridized carbons (Fsp3) is 0.250. The van der Waals surface area contributed by atoms with Crippen molar-refractivity contribution in [2.75, 3.05) is 0 Å². The summed E-state index contributed by atoms with van der Waals surface area (Å²) in [5.41, 5.74) is -0.881. The molecular weight excluding hydrogens is 213 g/mol. The van der Waals surface area contributed by atoms with E-state index in [9.17, 15) is 18.0 Å². The average Bonchev–Trinajstić information content (AvgIpc) is 2.44. The number of carboxylic acids is 1. The molecule has 0 spiro atoms. The number of hydrogen-bond donors (Lipinski definition) is 1. The highest BCUT2D eigenvalue weighted by Crippen LogP contribution is 2.20. The molecule has 7 heteroatoms.